The number of ether oxygens (including phenoxy) is 2. The molecule has 0 aliphatic carbocycles. The van der Waals surface area contributed by atoms with Crippen LogP contribution in [-0.4, -0.2) is 36.0 Å². The second-order valence-electron chi connectivity index (χ2n) is 3.48. The molecule has 0 bridgehead atoms. The molecule has 19 heavy (non-hydrogen) atoms. The molecule has 0 spiro atoms. The molecule has 0 radical (unpaired) electrons. The molecule has 0 unspecified atom stereocenters. The van der Waals surface area contributed by atoms with Crippen LogP contribution in [-0.2, 0) is 10.5 Å². The largest absolute Gasteiger partial charge is 0.493 e. The van der Waals surface area contributed by atoms with E-state index in [9.17, 15) is 14.9 Å². The molecular formula is C11H13NO6S. The van der Waals surface area contributed by atoms with Crippen LogP contribution in [0.25, 0.3) is 0 Å². The van der Waals surface area contributed by atoms with Gasteiger partial charge in [0.15, 0.2) is 11.5 Å². The number of thioether (sulfide) groups is 1. The number of rotatable bonds is 7. The van der Waals surface area contributed by atoms with Crippen LogP contribution in [0.15, 0.2) is 12.1 Å². The van der Waals surface area contributed by atoms with E-state index < -0.39 is 10.9 Å². The highest BCUT2D eigenvalue weighted by molar-refractivity contribution is 7.99. The fourth-order valence-electron chi connectivity index (χ4n) is 1.44. The molecule has 1 aromatic rings. The Morgan fingerprint density at radius 3 is 2.42 bits per heavy atom. The first-order valence-corrected chi connectivity index (χ1v) is 6.34. The van der Waals surface area contributed by atoms with Crippen LogP contribution in [0.1, 0.15) is 5.56 Å². The molecule has 0 atom stereocenters. The van der Waals surface area contributed by atoms with Crippen molar-refractivity contribution in [2.75, 3.05) is 20.0 Å². The molecule has 1 aromatic carbocycles. The minimum absolute atomic E-state index is 0.115. The van der Waals surface area contributed by atoms with E-state index in [1.54, 1.807) is 0 Å². The molecule has 0 heterocycles. The number of benzene rings is 1. The highest BCUT2D eigenvalue weighted by atomic mass is 32.2. The van der Waals surface area contributed by atoms with Crippen LogP contribution in [0.2, 0.25) is 0 Å². The minimum atomic E-state index is -0.965. The second kappa shape index (κ2) is 6.83. The zero-order chi connectivity index (χ0) is 14.4. The number of aliphatic carboxylic acids is 1. The standard InChI is InChI=1S/C11H13NO6S/c1-17-9-3-7(5-19-6-11(13)14)8(12(15)16)4-10(9)18-2/h3-4H,5-6H2,1-2H3,(H,13,14). The number of carboxylic acid groups (broad SMARTS) is 1. The van der Waals surface area contributed by atoms with Gasteiger partial charge in [-0.3, -0.25) is 14.9 Å². The molecule has 0 saturated heterocycles. The van der Waals surface area contributed by atoms with Gasteiger partial charge in [0.1, 0.15) is 0 Å². The van der Waals surface area contributed by atoms with E-state index in [0.29, 0.717) is 11.3 Å². The topological polar surface area (TPSA) is 98.9 Å². The number of carboxylic acids is 1. The lowest BCUT2D eigenvalue weighted by Crippen LogP contribution is -2.01. The van der Waals surface area contributed by atoms with Crippen molar-refractivity contribution in [1.29, 1.82) is 0 Å². The number of hydrogen-bond acceptors (Lipinski definition) is 6. The van der Waals surface area contributed by atoms with Crippen molar-refractivity contribution in [3.05, 3.63) is 27.8 Å². The summed E-state index contributed by atoms with van der Waals surface area (Å²) in [7, 11) is 2.82. The van der Waals surface area contributed by atoms with Crippen LogP contribution in [0.5, 0.6) is 11.5 Å². The Kier molecular flexibility index (Phi) is 5.43. The zero-order valence-electron chi connectivity index (χ0n) is 10.4. The smallest absolute Gasteiger partial charge is 0.313 e. The van der Waals surface area contributed by atoms with Gasteiger partial charge < -0.3 is 14.6 Å². The third kappa shape index (κ3) is 4.02. The van der Waals surface area contributed by atoms with E-state index in [-0.39, 0.29) is 22.9 Å². The van der Waals surface area contributed by atoms with Crippen molar-refractivity contribution >= 4 is 23.4 Å². The van der Waals surface area contributed by atoms with Crippen LogP contribution in [0, 0.1) is 10.1 Å². The first-order valence-electron chi connectivity index (χ1n) is 5.18. The highest BCUT2D eigenvalue weighted by Gasteiger charge is 2.19. The van der Waals surface area contributed by atoms with Crippen molar-refractivity contribution in [1.82, 2.24) is 0 Å². The van der Waals surface area contributed by atoms with Gasteiger partial charge >= 0.3 is 5.97 Å². The van der Waals surface area contributed by atoms with E-state index >= 15 is 0 Å². The van der Waals surface area contributed by atoms with Gasteiger partial charge in [0.2, 0.25) is 0 Å². The summed E-state index contributed by atoms with van der Waals surface area (Å²) in [4.78, 5) is 20.9. The summed E-state index contributed by atoms with van der Waals surface area (Å²) in [5.41, 5.74) is 0.282. The number of methoxy groups -OCH3 is 2. The molecule has 104 valence electrons. The lowest BCUT2D eigenvalue weighted by atomic mass is 10.2. The minimum Gasteiger partial charge on any atom is -0.493 e. The Hall–Kier alpha value is -1.96. The van der Waals surface area contributed by atoms with Crippen molar-refractivity contribution in [3.8, 4) is 11.5 Å². The van der Waals surface area contributed by atoms with Crippen molar-refractivity contribution in [2.24, 2.45) is 0 Å². The summed E-state index contributed by atoms with van der Waals surface area (Å²) in [6.45, 7) is 0. The molecule has 1 rings (SSSR count). The average Bonchev–Trinajstić information content (AvgIpc) is 2.37. The molecule has 0 saturated carbocycles. The van der Waals surface area contributed by atoms with Crippen molar-refractivity contribution in [2.45, 2.75) is 5.75 Å². The Morgan fingerprint density at radius 1 is 1.37 bits per heavy atom. The van der Waals surface area contributed by atoms with E-state index in [2.05, 4.69) is 0 Å². The maximum absolute atomic E-state index is 11.0. The average molecular weight is 287 g/mol. The lowest BCUT2D eigenvalue weighted by molar-refractivity contribution is -0.385. The summed E-state index contributed by atoms with van der Waals surface area (Å²) in [6.07, 6.45) is 0. The summed E-state index contributed by atoms with van der Waals surface area (Å²) in [6, 6.07) is 2.77. The molecule has 7 nitrogen and oxygen atoms in total. The maximum Gasteiger partial charge on any atom is 0.313 e. The SMILES string of the molecule is COc1cc(CSCC(=O)O)c([N+](=O)[O-])cc1OC. The fraction of sp³-hybridized carbons (Fsp3) is 0.364. The van der Waals surface area contributed by atoms with Crippen LogP contribution >= 0.6 is 11.8 Å². The van der Waals surface area contributed by atoms with Crippen LogP contribution in [0.4, 0.5) is 5.69 Å². The summed E-state index contributed by atoms with van der Waals surface area (Å²) >= 11 is 1.08. The van der Waals surface area contributed by atoms with Gasteiger partial charge in [-0.05, 0) is 6.07 Å². The normalized spacial score (nSPS) is 10.0. The maximum atomic E-state index is 11.0. The number of carbonyl (C=O) groups is 1. The Bertz CT molecular complexity index is 490. The monoisotopic (exact) mass is 287 g/mol. The molecular weight excluding hydrogens is 274 g/mol. The molecule has 1 N–H and O–H groups in total. The van der Waals surface area contributed by atoms with E-state index in [0.717, 1.165) is 11.8 Å². The fourth-order valence-corrected chi connectivity index (χ4v) is 2.17. The number of nitro benzene ring substituents is 1. The Labute approximate surface area is 113 Å². The van der Waals surface area contributed by atoms with Gasteiger partial charge in [-0.25, -0.2) is 0 Å². The third-order valence-electron chi connectivity index (χ3n) is 2.26. The van der Waals surface area contributed by atoms with Gasteiger partial charge in [0, 0.05) is 11.3 Å². The summed E-state index contributed by atoms with van der Waals surface area (Å²) < 4.78 is 10.1. The zero-order valence-corrected chi connectivity index (χ0v) is 11.2. The first kappa shape index (κ1) is 15.1. The van der Waals surface area contributed by atoms with Gasteiger partial charge in [0.25, 0.3) is 5.69 Å². The van der Waals surface area contributed by atoms with E-state index in [4.69, 9.17) is 14.6 Å². The Morgan fingerprint density at radius 2 is 1.95 bits per heavy atom. The highest BCUT2D eigenvalue weighted by Crippen LogP contribution is 2.35. The van der Waals surface area contributed by atoms with Gasteiger partial charge in [-0.1, -0.05) is 0 Å². The van der Waals surface area contributed by atoms with Crippen molar-refractivity contribution < 1.29 is 24.3 Å². The summed E-state index contributed by atoms with van der Waals surface area (Å²) in [5, 5.41) is 19.5. The second-order valence-corrected chi connectivity index (χ2v) is 4.47. The molecule has 0 amide bonds. The molecule has 8 heteroatoms. The quantitative estimate of drug-likeness (QED) is 0.604. The van der Waals surface area contributed by atoms with Crippen LogP contribution < -0.4 is 9.47 Å². The first-order chi connectivity index (χ1) is 8.99. The number of hydrogen-bond donors (Lipinski definition) is 1. The van der Waals surface area contributed by atoms with Gasteiger partial charge in [0.05, 0.1) is 31.0 Å². The number of nitrogens with zero attached hydrogens (tertiary/aromatic N) is 1. The third-order valence-corrected chi connectivity index (χ3v) is 3.23. The van der Waals surface area contributed by atoms with E-state index in [1.165, 1.54) is 26.4 Å². The predicted octanol–water partition coefficient (Wildman–Crippen LogP) is 1.93. The van der Waals surface area contributed by atoms with Gasteiger partial charge in [-0.2, -0.15) is 0 Å². The lowest BCUT2D eigenvalue weighted by Gasteiger charge is -2.10. The van der Waals surface area contributed by atoms with Crippen molar-refractivity contribution in [3.63, 3.8) is 0 Å². The molecule has 0 aromatic heterocycles. The number of nitro groups is 1. The molecule has 0 fully saturated rings. The molecule has 0 aliphatic rings. The van der Waals surface area contributed by atoms with Gasteiger partial charge in [-0.15, -0.1) is 11.8 Å². The van der Waals surface area contributed by atoms with Crippen LogP contribution in [0.3, 0.4) is 0 Å². The predicted molar refractivity (Wildman–Crippen MR) is 70.0 cm³/mol. The molecule has 0 aliphatic heterocycles. The Balaban J connectivity index is 3.05. The summed E-state index contributed by atoms with van der Waals surface area (Å²) in [5.74, 6) is -0.234. The van der Waals surface area contributed by atoms with E-state index in [1.807, 2.05) is 0 Å².